The molecule has 0 aliphatic heterocycles. The number of amides is 1. The standard InChI is InChI=1S/C17H14N2O2/c1-11-10-13(20)7-8-15(11)19-17(21)14-6-2-4-12-5-3-9-18-16(12)14/h2-10,20H,1H3,(H,19,21). The first-order valence-electron chi connectivity index (χ1n) is 6.60. The van der Waals surface area contributed by atoms with Gasteiger partial charge in [0.05, 0.1) is 11.1 Å². The number of hydrogen-bond acceptors (Lipinski definition) is 3. The van der Waals surface area contributed by atoms with Gasteiger partial charge in [0, 0.05) is 17.3 Å². The molecule has 0 radical (unpaired) electrons. The van der Waals surface area contributed by atoms with Gasteiger partial charge in [0.2, 0.25) is 0 Å². The number of carbonyl (C=O) groups excluding carboxylic acids is 1. The van der Waals surface area contributed by atoms with E-state index >= 15 is 0 Å². The Hall–Kier alpha value is -2.88. The van der Waals surface area contributed by atoms with Gasteiger partial charge in [0.25, 0.3) is 5.91 Å². The van der Waals surface area contributed by atoms with Crippen LogP contribution in [0.1, 0.15) is 15.9 Å². The van der Waals surface area contributed by atoms with E-state index in [-0.39, 0.29) is 11.7 Å². The van der Waals surface area contributed by atoms with Crippen LogP contribution in [0, 0.1) is 6.92 Å². The van der Waals surface area contributed by atoms with E-state index in [1.807, 2.05) is 31.2 Å². The molecule has 0 aliphatic rings. The van der Waals surface area contributed by atoms with Crippen molar-refractivity contribution in [3.8, 4) is 5.75 Å². The Balaban J connectivity index is 1.97. The van der Waals surface area contributed by atoms with Crippen LogP contribution in [0.5, 0.6) is 5.75 Å². The minimum atomic E-state index is -0.215. The second-order valence-electron chi connectivity index (χ2n) is 4.83. The van der Waals surface area contributed by atoms with E-state index in [9.17, 15) is 9.90 Å². The minimum Gasteiger partial charge on any atom is -0.508 e. The zero-order chi connectivity index (χ0) is 14.8. The summed E-state index contributed by atoms with van der Waals surface area (Å²) in [6, 6.07) is 14.1. The quantitative estimate of drug-likeness (QED) is 0.705. The van der Waals surface area contributed by atoms with Gasteiger partial charge in [-0.05, 0) is 42.8 Å². The van der Waals surface area contributed by atoms with E-state index in [4.69, 9.17) is 0 Å². The van der Waals surface area contributed by atoms with Gasteiger partial charge in [-0.2, -0.15) is 0 Å². The van der Waals surface area contributed by atoms with Crippen molar-refractivity contribution in [2.75, 3.05) is 5.32 Å². The van der Waals surface area contributed by atoms with Crippen molar-refractivity contribution in [1.29, 1.82) is 0 Å². The number of hydrogen-bond donors (Lipinski definition) is 2. The average Bonchev–Trinajstić information content (AvgIpc) is 2.49. The highest BCUT2D eigenvalue weighted by Gasteiger charge is 2.12. The van der Waals surface area contributed by atoms with Crippen molar-refractivity contribution in [3.63, 3.8) is 0 Å². The molecule has 104 valence electrons. The number of anilines is 1. The third kappa shape index (κ3) is 2.56. The summed E-state index contributed by atoms with van der Waals surface area (Å²) in [6.07, 6.45) is 1.67. The Morgan fingerprint density at radius 2 is 1.95 bits per heavy atom. The molecule has 2 N–H and O–H groups in total. The maximum atomic E-state index is 12.5. The molecule has 4 nitrogen and oxygen atoms in total. The first-order valence-corrected chi connectivity index (χ1v) is 6.60. The highest BCUT2D eigenvalue weighted by molar-refractivity contribution is 6.12. The SMILES string of the molecule is Cc1cc(O)ccc1NC(=O)c1cccc2cccnc12. The number of benzene rings is 2. The van der Waals surface area contributed by atoms with Gasteiger partial charge < -0.3 is 10.4 Å². The van der Waals surface area contributed by atoms with Gasteiger partial charge in [-0.25, -0.2) is 0 Å². The van der Waals surface area contributed by atoms with Crippen LogP contribution in [0.15, 0.2) is 54.7 Å². The lowest BCUT2D eigenvalue weighted by Crippen LogP contribution is -2.13. The lowest BCUT2D eigenvalue weighted by molar-refractivity contribution is 0.102. The van der Waals surface area contributed by atoms with Crippen molar-refractivity contribution >= 4 is 22.5 Å². The van der Waals surface area contributed by atoms with Crippen molar-refractivity contribution in [1.82, 2.24) is 4.98 Å². The maximum absolute atomic E-state index is 12.5. The van der Waals surface area contributed by atoms with Gasteiger partial charge in [0.1, 0.15) is 5.75 Å². The Morgan fingerprint density at radius 3 is 2.76 bits per heavy atom. The highest BCUT2D eigenvalue weighted by Crippen LogP contribution is 2.22. The van der Waals surface area contributed by atoms with E-state index in [0.717, 1.165) is 10.9 Å². The molecular weight excluding hydrogens is 264 g/mol. The number of rotatable bonds is 2. The van der Waals surface area contributed by atoms with E-state index < -0.39 is 0 Å². The number of carbonyl (C=O) groups is 1. The van der Waals surface area contributed by atoms with Crippen LogP contribution >= 0.6 is 0 Å². The number of pyridine rings is 1. The number of aromatic hydroxyl groups is 1. The largest absolute Gasteiger partial charge is 0.508 e. The van der Waals surface area contributed by atoms with Gasteiger partial charge in [-0.3, -0.25) is 9.78 Å². The molecule has 0 spiro atoms. The molecule has 0 unspecified atom stereocenters. The van der Waals surface area contributed by atoms with Crippen molar-refractivity contribution in [2.45, 2.75) is 6.92 Å². The van der Waals surface area contributed by atoms with E-state index in [1.165, 1.54) is 0 Å². The lowest BCUT2D eigenvalue weighted by Gasteiger charge is -2.10. The Labute approximate surface area is 122 Å². The van der Waals surface area contributed by atoms with Crippen LogP contribution in [0.4, 0.5) is 5.69 Å². The van der Waals surface area contributed by atoms with Crippen LogP contribution in [-0.4, -0.2) is 16.0 Å². The zero-order valence-corrected chi connectivity index (χ0v) is 11.5. The number of phenols is 1. The number of aryl methyl sites for hydroxylation is 1. The smallest absolute Gasteiger partial charge is 0.257 e. The van der Waals surface area contributed by atoms with E-state index in [2.05, 4.69) is 10.3 Å². The fourth-order valence-corrected chi connectivity index (χ4v) is 2.27. The van der Waals surface area contributed by atoms with Gasteiger partial charge in [-0.1, -0.05) is 18.2 Å². The second kappa shape index (κ2) is 5.25. The Kier molecular flexibility index (Phi) is 3.28. The van der Waals surface area contributed by atoms with Crippen LogP contribution in [0.2, 0.25) is 0 Å². The summed E-state index contributed by atoms with van der Waals surface area (Å²) in [5, 5.41) is 13.2. The first kappa shape index (κ1) is 13.1. The van der Waals surface area contributed by atoms with E-state index in [1.54, 1.807) is 30.5 Å². The lowest BCUT2D eigenvalue weighted by atomic mass is 10.1. The molecule has 3 aromatic rings. The van der Waals surface area contributed by atoms with Gasteiger partial charge in [-0.15, -0.1) is 0 Å². The van der Waals surface area contributed by atoms with Crippen LogP contribution in [-0.2, 0) is 0 Å². The van der Waals surface area contributed by atoms with Gasteiger partial charge >= 0.3 is 0 Å². The summed E-state index contributed by atoms with van der Waals surface area (Å²) in [4.78, 5) is 16.7. The third-order valence-electron chi connectivity index (χ3n) is 3.34. The summed E-state index contributed by atoms with van der Waals surface area (Å²) in [6.45, 7) is 1.83. The predicted octanol–water partition coefficient (Wildman–Crippen LogP) is 3.50. The molecule has 1 amide bonds. The van der Waals surface area contributed by atoms with E-state index in [0.29, 0.717) is 16.8 Å². The predicted molar refractivity (Wildman–Crippen MR) is 82.5 cm³/mol. The molecule has 4 heteroatoms. The summed E-state index contributed by atoms with van der Waals surface area (Å²) >= 11 is 0. The summed E-state index contributed by atoms with van der Waals surface area (Å²) in [5.74, 6) is -0.0367. The highest BCUT2D eigenvalue weighted by atomic mass is 16.3. The molecule has 0 aliphatic carbocycles. The molecule has 3 rings (SSSR count). The topological polar surface area (TPSA) is 62.2 Å². The fraction of sp³-hybridized carbons (Fsp3) is 0.0588. The Morgan fingerprint density at radius 1 is 1.14 bits per heavy atom. The monoisotopic (exact) mass is 278 g/mol. The fourth-order valence-electron chi connectivity index (χ4n) is 2.27. The minimum absolute atomic E-state index is 0.178. The molecule has 0 atom stereocenters. The summed E-state index contributed by atoms with van der Waals surface area (Å²) < 4.78 is 0. The first-order chi connectivity index (χ1) is 10.1. The molecule has 1 aromatic heterocycles. The molecule has 0 bridgehead atoms. The molecule has 2 aromatic carbocycles. The molecular formula is C17H14N2O2. The number of para-hydroxylation sites is 1. The molecule has 0 saturated heterocycles. The normalized spacial score (nSPS) is 10.5. The Bertz CT molecular complexity index is 823. The molecule has 21 heavy (non-hydrogen) atoms. The maximum Gasteiger partial charge on any atom is 0.257 e. The molecule has 0 saturated carbocycles. The summed E-state index contributed by atoms with van der Waals surface area (Å²) in [7, 11) is 0. The van der Waals surface area contributed by atoms with Crippen LogP contribution in [0.3, 0.4) is 0 Å². The third-order valence-corrected chi connectivity index (χ3v) is 3.34. The summed E-state index contributed by atoms with van der Waals surface area (Å²) in [5.41, 5.74) is 2.68. The van der Waals surface area contributed by atoms with Crippen molar-refractivity contribution in [3.05, 3.63) is 65.9 Å². The second-order valence-corrected chi connectivity index (χ2v) is 4.83. The average molecular weight is 278 g/mol. The molecule has 0 fully saturated rings. The number of phenolic OH excluding ortho intramolecular Hbond substituents is 1. The number of fused-ring (bicyclic) bond motifs is 1. The van der Waals surface area contributed by atoms with Crippen molar-refractivity contribution in [2.24, 2.45) is 0 Å². The van der Waals surface area contributed by atoms with Crippen LogP contribution < -0.4 is 5.32 Å². The van der Waals surface area contributed by atoms with Gasteiger partial charge in [0.15, 0.2) is 0 Å². The van der Waals surface area contributed by atoms with Crippen molar-refractivity contribution < 1.29 is 9.90 Å². The van der Waals surface area contributed by atoms with Crippen LogP contribution in [0.25, 0.3) is 10.9 Å². The molecule has 1 heterocycles. The number of nitrogens with zero attached hydrogens (tertiary/aromatic N) is 1. The number of aromatic nitrogens is 1. The zero-order valence-electron chi connectivity index (χ0n) is 11.5. The number of nitrogens with one attached hydrogen (secondary N) is 1.